The number of rotatable bonds is 8. The van der Waals surface area contributed by atoms with Gasteiger partial charge in [-0.25, -0.2) is 4.90 Å². The summed E-state index contributed by atoms with van der Waals surface area (Å²) in [6.45, 7) is 8.30. The lowest BCUT2D eigenvalue weighted by atomic mass is 9.76. The molecular weight excluding hydrogens is 432 g/mol. The second-order valence-electron chi connectivity index (χ2n) is 8.86. The van der Waals surface area contributed by atoms with Gasteiger partial charge >= 0.3 is 5.97 Å². The van der Waals surface area contributed by atoms with Crippen molar-refractivity contribution in [2.75, 3.05) is 18.1 Å². The van der Waals surface area contributed by atoms with Gasteiger partial charge in [0, 0.05) is 6.04 Å². The summed E-state index contributed by atoms with van der Waals surface area (Å²) in [7, 11) is 0. The molecule has 7 nitrogen and oxygen atoms in total. The number of carbonyl (C=O) groups excluding carboxylic acids is 3. The standard InChI is InChI=1S/C27H32N2O5/c1-5-16-27(26(32)34-7-3)22-21(23(28-27)20-11-9-8-10-17(20)4)24(30)29(25(22)31)18-12-14-19(15-13-18)33-6-2/h8-15,21-23,28H,5-7,16H2,1-4H3/t21-,22-,23-,27+/m1/s1. The Morgan fingerprint density at radius 1 is 1.00 bits per heavy atom. The van der Waals surface area contributed by atoms with Gasteiger partial charge in [0.15, 0.2) is 0 Å². The van der Waals surface area contributed by atoms with E-state index in [1.807, 2.05) is 45.0 Å². The maximum atomic E-state index is 13.9. The number of benzene rings is 2. The molecule has 180 valence electrons. The summed E-state index contributed by atoms with van der Waals surface area (Å²) in [5.41, 5.74) is 1.12. The SMILES string of the molecule is CCC[C@]1(C(=O)OCC)N[C@H](c2ccccc2C)[C@@H]2C(=O)N(c3ccc(OCC)cc3)C(=O)[C@@H]21. The number of carbonyl (C=O) groups is 3. The predicted octanol–water partition coefficient (Wildman–Crippen LogP) is 3.95. The van der Waals surface area contributed by atoms with Crippen LogP contribution in [0.4, 0.5) is 5.69 Å². The predicted molar refractivity (Wildman–Crippen MR) is 128 cm³/mol. The van der Waals surface area contributed by atoms with E-state index in [9.17, 15) is 14.4 Å². The number of nitrogens with zero attached hydrogens (tertiary/aromatic N) is 1. The van der Waals surface area contributed by atoms with Crippen molar-refractivity contribution in [3.63, 3.8) is 0 Å². The van der Waals surface area contributed by atoms with Crippen LogP contribution in [0.25, 0.3) is 0 Å². The molecule has 4 atom stereocenters. The van der Waals surface area contributed by atoms with Crippen molar-refractivity contribution in [2.24, 2.45) is 11.8 Å². The minimum absolute atomic E-state index is 0.198. The number of ether oxygens (including phenoxy) is 2. The summed E-state index contributed by atoms with van der Waals surface area (Å²) in [5.74, 6) is -2.05. The second-order valence-corrected chi connectivity index (χ2v) is 8.86. The van der Waals surface area contributed by atoms with Crippen LogP contribution in [0.2, 0.25) is 0 Å². The van der Waals surface area contributed by atoms with Crippen LogP contribution in [-0.2, 0) is 19.1 Å². The Hall–Kier alpha value is -3.19. The highest BCUT2D eigenvalue weighted by atomic mass is 16.5. The van der Waals surface area contributed by atoms with Crippen molar-refractivity contribution in [2.45, 2.75) is 52.1 Å². The Balaban J connectivity index is 1.83. The van der Waals surface area contributed by atoms with E-state index < -0.39 is 29.4 Å². The largest absolute Gasteiger partial charge is 0.494 e. The molecule has 2 fully saturated rings. The van der Waals surface area contributed by atoms with Crippen LogP contribution >= 0.6 is 0 Å². The summed E-state index contributed by atoms with van der Waals surface area (Å²) in [6, 6.07) is 14.2. The zero-order valence-corrected chi connectivity index (χ0v) is 20.2. The summed E-state index contributed by atoms with van der Waals surface area (Å²) < 4.78 is 11.0. The lowest BCUT2D eigenvalue weighted by Crippen LogP contribution is -2.56. The minimum atomic E-state index is -1.27. The quantitative estimate of drug-likeness (QED) is 0.470. The monoisotopic (exact) mass is 464 g/mol. The third kappa shape index (κ3) is 3.78. The zero-order chi connectivity index (χ0) is 24.5. The van der Waals surface area contributed by atoms with Crippen LogP contribution in [-0.4, -0.2) is 36.5 Å². The molecule has 4 rings (SSSR count). The average Bonchev–Trinajstić information content (AvgIpc) is 3.30. The Kier molecular flexibility index (Phi) is 6.75. The number of hydrogen-bond acceptors (Lipinski definition) is 6. The maximum absolute atomic E-state index is 13.9. The van der Waals surface area contributed by atoms with Gasteiger partial charge in [0.25, 0.3) is 0 Å². The first kappa shape index (κ1) is 24.0. The molecule has 2 aliphatic heterocycles. The van der Waals surface area contributed by atoms with Crippen molar-refractivity contribution in [3.8, 4) is 5.75 Å². The van der Waals surface area contributed by atoms with Gasteiger partial charge in [-0.05, 0) is 62.6 Å². The molecule has 2 aromatic carbocycles. The Morgan fingerprint density at radius 2 is 1.71 bits per heavy atom. The molecule has 0 spiro atoms. The van der Waals surface area contributed by atoms with Crippen molar-refractivity contribution in [1.82, 2.24) is 5.32 Å². The third-order valence-corrected chi connectivity index (χ3v) is 6.87. The second kappa shape index (κ2) is 9.58. The number of amides is 2. The maximum Gasteiger partial charge on any atom is 0.327 e. The lowest BCUT2D eigenvalue weighted by Gasteiger charge is -2.32. The van der Waals surface area contributed by atoms with E-state index in [0.717, 1.165) is 11.1 Å². The summed E-state index contributed by atoms with van der Waals surface area (Å²) in [6.07, 6.45) is 1.05. The van der Waals surface area contributed by atoms with Crippen LogP contribution in [0.3, 0.4) is 0 Å². The van der Waals surface area contributed by atoms with Crippen LogP contribution in [0.1, 0.15) is 50.8 Å². The molecule has 2 aliphatic rings. The number of aryl methyl sites for hydroxylation is 1. The average molecular weight is 465 g/mol. The number of hydrogen-bond donors (Lipinski definition) is 1. The van der Waals surface area contributed by atoms with Gasteiger partial charge in [-0.3, -0.25) is 19.7 Å². The highest BCUT2D eigenvalue weighted by molar-refractivity contribution is 6.24. The molecule has 2 saturated heterocycles. The molecule has 0 saturated carbocycles. The topological polar surface area (TPSA) is 84.9 Å². The lowest BCUT2D eigenvalue weighted by molar-refractivity contribution is -0.155. The Labute approximate surface area is 200 Å². The van der Waals surface area contributed by atoms with Crippen molar-refractivity contribution >= 4 is 23.5 Å². The van der Waals surface area contributed by atoms with Gasteiger partial charge < -0.3 is 9.47 Å². The van der Waals surface area contributed by atoms with Crippen LogP contribution in [0.5, 0.6) is 5.75 Å². The molecule has 2 heterocycles. The number of fused-ring (bicyclic) bond motifs is 1. The van der Waals surface area contributed by atoms with Crippen LogP contribution in [0.15, 0.2) is 48.5 Å². The first-order chi connectivity index (χ1) is 16.4. The molecular formula is C27H32N2O5. The normalized spacial score (nSPS) is 26.0. The molecule has 0 unspecified atom stereocenters. The number of esters is 1. The molecule has 2 amide bonds. The smallest absolute Gasteiger partial charge is 0.327 e. The van der Waals surface area contributed by atoms with Crippen molar-refractivity contribution in [3.05, 3.63) is 59.7 Å². The highest BCUT2D eigenvalue weighted by Crippen LogP contribution is 2.52. The van der Waals surface area contributed by atoms with Gasteiger partial charge in [0.2, 0.25) is 11.8 Å². The molecule has 0 aliphatic carbocycles. The molecule has 2 aromatic rings. The van der Waals surface area contributed by atoms with E-state index in [2.05, 4.69) is 5.32 Å². The van der Waals surface area contributed by atoms with E-state index in [0.29, 0.717) is 30.9 Å². The molecule has 0 bridgehead atoms. The van der Waals surface area contributed by atoms with Crippen LogP contribution in [0, 0.1) is 18.8 Å². The van der Waals surface area contributed by atoms with Gasteiger partial charge in [0.1, 0.15) is 11.3 Å². The number of nitrogens with one attached hydrogen (secondary N) is 1. The number of anilines is 1. The Bertz CT molecular complexity index is 1080. The fraction of sp³-hybridized carbons (Fsp3) is 0.444. The fourth-order valence-electron chi connectivity index (χ4n) is 5.49. The minimum Gasteiger partial charge on any atom is -0.494 e. The van der Waals surface area contributed by atoms with E-state index in [1.54, 1.807) is 31.2 Å². The summed E-state index contributed by atoms with van der Waals surface area (Å²) >= 11 is 0. The zero-order valence-electron chi connectivity index (χ0n) is 20.2. The molecule has 34 heavy (non-hydrogen) atoms. The first-order valence-corrected chi connectivity index (χ1v) is 12.0. The molecule has 0 radical (unpaired) electrons. The van der Waals surface area contributed by atoms with Crippen LogP contribution < -0.4 is 15.0 Å². The fourth-order valence-corrected chi connectivity index (χ4v) is 5.49. The summed E-state index contributed by atoms with van der Waals surface area (Å²) in [4.78, 5) is 42.4. The van der Waals surface area contributed by atoms with E-state index >= 15 is 0 Å². The van der Waals surface area contributed by atoms with Crippen molar-refractivity contribution in [1.29, 1.82) is 0 Å². The highest BCUT2D eigenvalue weighted by Gasteiger charge is 2.68. The van der Waals surface area contributed by atoms with E-state index in [-0.39, 0.29) is 18.4 Å². The van der Waals surface area contributed by atoms with E-state index in [4.69, 9.17) is 9.47 Å². The summed E-state index contributed by atoms with van der Waals surface area (Å²) in [5, 5.41) is 3.44. The Morgan fingerprint density at radius 3 is 2.32 bits per heavy atom. The van der Waals surface area contributed by atoms with Gasteiger partial charge in [-0.2, -0.15) is 0 Å². The van der Waals surface area contributed by atoms with E-state index in [1.165, 1.54) is 4.90 Å². The third-order valence-electron chi connectivity index (χ3n) is 6.87. The molecule has 0 aromatic heterocycles. The van der Waals surface area contributed by atoms with Gasteiger partial charge in [0.05, 0.1) is 30.7 Å². The number of imide groups is 1. The van der Waals surface area contributed by atoms with Gasteiger partial charge in [-0.15, -0.1) is 0 Å². The molecule has 1 N–H and O–H groups in total. The first-order valence-electron chi connectivity index (χ1n) is 12.0. The molecule has 7 heteroatoms. The van der Waals surface area contributed by atoms with Gasteiger partial charge in [-0.1, -0.05) is 37.6 Å². The van der Waals surface area contributed by atoms with Crippen molar-refractivity contribution < 1.29 is 23.9 Å².